The molecule has 2 aliphatic heterocycles. The average molecular weight is 488 g/mol. The zero-order chi connectivity index (χ0) is 25.4. The number of rotatable bonds is 5. The number of para-hydroxylation sites is 1. The maximum absolute atomic E-state index is 11.5. The second-order valence-electron chi connectivity index (χ2n) is 10.2. The van der Waals surface area contributed by atoms with E-state index in [1.165, 1.54) is 5.69 Å². The second kappa shape index (κ2) is 9.95. The van der Waals surface area contributed by atoms with Crippen molar-refractivity contribution in [3.63, 3.8) is 0 Å². The Morgan fingerprint density at radius 2 is 1.64 bits per heavy atom. The Morgan fingerprint density at radius 1 is 0.972 bits per heavy atom. The van der Waals surface area contributed by atoms with Crippen LogP contribution in [0.5, 0.6) is 0 Å². The minimum Gasteiger partial charge on any atom is -0.369 e. The Hall–Kier alpha value is -3.36. The lowest BCUT2D eigenvalue weighted by molar-refractivity contribution is 0.146. The number of aromatic nitrogens is 2. The van der Waals surface area contributed by atoms with Gasteiger partial charge in [0.2, 0.25) is 12.3 Å². The average Bonchev–Trinajstić information content (AvgIpc) is 2.85. The van der Waals surface area contributed by atoms with Crippen molar-refractivity contribution in [1.82, 2.24) is 14.9 Å². The number of aliphatic hydroxyl groups is 1. The molecule has 1 atom stereocenters. The number of aliphatic hydroxyl groups excluding tert-OH is 1. The van der Waals surface area contributed by atoms with Crippen LogP contribution in [-0.4, -0.2) is 65.6 Å². The summed E-state index contributed by atoms with van der Waals surface area (Å²) in [5, 5.41) is 14.8. The number of hydrogen-bond acceptors (Lipinski definition) is 8. The fraction of sp³-hybridized carbons (Fsp3) is 0.429. The highest BCUT2D eigenvalue weighted by Crippen LogP contribution is 2.36. The van der Waals surface area contributed by atoms with E-state index in [1.54, 1.807) is 0 Å². The predicted octanol–water partition coefficient (Wildman–Crippen LogP) is 4.10. The third-order valence-electron chi connectivity index (χ3n) is 7.23. The van der Waals surface area contributed by atoms with Gasteiger partial charge in [0.1, 0.15) is 5.82 Å². The molecule has 2 N–H and O–H groups in total. The summed E-state index contributed by atoms with van der Waals surface area (Å²) >= 11 is 0. The van der Waals surface area contributed by atoms with E-state index in [9.17, 15) is 5.11 Å². The van der Waals surface area contributed by atoms with Gasteiger partial charge in [0.15, 0.2) is 0 Å². The van der Waals surface area contributed by atoms with E-state index in [4.69, 9.17) is 4.98 Å². The van der Waals surface area contributed by atoms with Gasteiger partial charge in [0.05, 0.1) is 6.54 Å². The van der Waals surface area contributed by atoms with E-state index >= 15 is 0 Å². The smallest absolute Gasteiger partial charge is 0.229 e. The molecule has 0 radical (unpaired) electrons. The molecule has 0 spiro atoms. The normalized spacial score (nSPS) is 18.5. The Kier molecular flexibility index (Phi) is 6.73. The highest BCUT2D eigenvalue weighted by Gasteiger charge is 2.35. The number of fused-ring (bicyclic) bond motifs is 1. The molecule has 2 aliphatic rings. The number of anilines is 5. The van der Waals surface area contributed by atoms with Crippen molar-refractivity contribution in [2.24, 2.45) is 0 Å². The Labute approximate surface area is 214 Å². The van der Waals surface area contributed by atoms with Gasteiger partial charge >= 0.3 is 0 Å². The molecule has 1 saturated heterocycles. The van der Waals surface area contributed by atoms with E-state index in [0.29, 0.717) is 12.5 Å². The van der Waals surface area contributed by atoms with Crippen LogP contribution in [-0.2, 0) is 6.54 Å². The van der Waals surface area contributed by atoms with Crippen molar-refractivity contribution in [3.8, 4) is 0 Å². The highest BCUT2D eigenvalue weighted by molar-refractivity contribution is 5.66. The summed E-state index contributed by atoms with van der Waals surface area (Å²) < 4.78 is 0. The molecule has 36 heavy (non-hydrogen) atoms. The van der Waals surface area contributed by atoms with Crippen LogP contribution in [0.4, 0.5) is 28.8 Å². The van der Waals surface area contributed by atoms with E-state index in [2.05, 4.69) is 97.3 Å². The topological polar surface area (TPSA) is 71.0 Å². The molecule has 0 bridgehead atoms. The van der Waals surface area contributed by atoms with Crippen LogP contribution in [0, 0.1) is 13.8 Å². The number of piperazine rings is 1. The summed E-state index contributed by atoms with van der Waals surface area (Å²) in [6, 6.07) is 14.7. The van der Waals surface area contributed by atoms with Gasteiger partial charge in [0.25, 0.3) is 0 Å². The van der Waals surface area contributed by atoms with Crippen molar-refractivity contribution in [2.75, 3.05) is 53.2 Å². The van der Waals surface area contributed by atoms with Crippen LogP contribution < -0.4 is 20.0 Å². The lowest BCUT2D eigenvalue weighted by atomic mass is 10.1. The summed E-state index contributed by atoms with van der Waals surface area (Å²) in [4.78, 5) is 18.3. The van der Waals surface area contributed by atoms with Gasteiger partial charge in [-0.3, -0.25) is 0 Å². The molecule has 190 valence electrons. The van der Waals surface area contributed by atoms with Crippen LogP contribution >= 0.6 is 0 Å². The quantitative estimate of drug-likeness (QED) is 0.558. The van der Waals surface area contributed by atoms with Gasteiger partial charge in [-0.15, -0.1) is 0 Å². The molecule has 1 fully saturated rings. The molecule has 3 aromatic rings. The van der Waals surface area contributed by atoms with Crippen LogP contribution in [0.3, 0.4) is 0 Å². The molecular formula is C28H37N7O. The molecule has 0 amide bonds. The third-order valence-corrected chi connectivity index (χ3v) is 7.23. The van der Waals surface area contributed by atoms with Gasteiger partial charge in [-0.25, -0.2) is 4.98 Å². The van der Waals surface area contributed by atoms with Crippen LogP contribution in [0.15, 0.2) is 48.7 Å². The molecular weight excluding hydrogens is 450 g/mol. The van der Waals surface area contributed by atoms with Gasteiger partial charge in [-0.2, -0.15) is 4.98 Å². The molecule has 1 unspecified atom stereocenters. The standard InChI is InChI=1S/C28H37N7O/c1-19(2)35-26-22(18-34(28(35)36)25-20(3)7-6-8-21(25)4)17-29-27(31-26)30-23-9-11-24(12-10-23)33-15-13-32(5)14-16-33/h6-12,17,19,28,36H,13-16,18H2,1-5H3,(H,29,30,31). The van der Waals surface area contributed by atoms with E-state index in [0.717, 1.165) is 60.1 Å². The molecule has 0 aliphatic carbocycles. The largest absolute Gasteiger partial charge is 0.369 e. The van der Waals surface area contributed by atoms with Crippen molar-refractivity contribution in [1.29, 1.82) is 0 Å². The maximum Gasteiger partial charge on any atom is 0.229 e. The first-order valence-corrected chi connectivity index (χ1v) is 12.8. The SMILES string of the molecule is Cc1cccc(C)c1N1Cc2cnc(Nc3ccc(N4CCN(C)CC4)cc3)nc2N(C(C)C)C1O. The fourth-order valence-corrected chi connectivity index (χ4v) is 5.23. The summed E-state index contributed by atoms with van der Waals surface area (Å²) in [5.74, 6) is 1.30. The molecule has 8 heteroatoms. The van der Waals surface area contributed by atoms with Gasteiger partial charge in [0, 0.05) is 61.0 Å². The lowest BCUT2D eigenvalue weighted by Crippen LogP contribution is -2.55. The molecule has 0 saturated carbocycles. The van der Waals surface area contributed by atoms with Crippen molar-refractivity contribution in [2.45, 2.75) is 46.6 Å². The number of aryl methyl sites for hydroxylation is 2. The molecule has 2 aromatic carbocycles. The van der Waals surface area contributed by atoms with E-state index in [-0.39, 0.29) is 6.04 Å². The van der Waals surface area contributed by atoms with Crippen LogP contribution in [0.1, 0.15) is 30.5 Å². The Balaban J connectivity index is 1.38. The number of nitrogens with zero attached hydrogens (tertiary/aromatic N) is 6. The summed E-state index contributed by atoms with van der Waals surface area (Å²) in [6.45, 7) is 13.1. The van der Waals surface area contributed by atoms with Crippen LogP contribution in [0.2, 0.25) is 0 Å². The van der Waals surface area contributed by atoms with Crippen molar-refractivity contribution >= 4 is 28.8 Å². The first-order valence-electron chi connectivity index (χ1n) is 12.8. The number of nitrogens with one attached hydrogen (secondary N) is 1. The van der Waals surface area contributed by atoms with Crippen molar-refractivity contribution in [3.05, 3.63) is 65.4 Å². The first-order chi connectivity index (χ1) is 17.3. The molecule has 5 rings (SSSR count). The van der Waals surface area contributed by atoms with Gasteiger partial charge in [-0.1, -0.05) is 18.2 Å². The number of likely N-dealkylation sites (N-methyl/N-ethyl adjacent to an activating group) is 1. The third kappa shape index (κ3) is 4.70. The van der Waals surface area contributed by atoms with Crippen molar-refractivity contribution < 1.29 is 5.11 Å². The second-order valence-corrected chi connectivity index (χ2v) is 10.2. The molecule has 1 aromatic heterocycles. The zero-order valence-electron chi connectivity index (χ0n) is 21.9. The number of benzene rings is 2. The summed E-state index contributed by atoms with van der Waals surface area (Å²) in [5.41, 5.74) is 6.51. The zero-order valence-corrected chi connectivity index (χ0v) is 21.9. The minimum atomic E-state index is -0.817. The summed E-state index contributed by atoms with van der Waals surface area (Å²) in [7, 11) is 2.17. The lowest BCUT2D eigenvalue weighted by Gasteiger charge is -2.45. The van der Waals surface area contributed by atoms with Gasteiger partial charge in [-0.05, 0) is 70.1 Å². The van der Waals surface area contributed by atoms with Gasteiger partial charge < -0.3 is 30.0 Å². The van der Waals surface area contributed by atoms with E-state index < -0.39 is 6.35 Å². The number of hydrogen-bond donors (Lipinski definition) is 2. The monoisotopic (exact) mass is 487 g/mol. The Morgan fingerprint density at radius 3 is 2.28 bits per heavy atom. The minimum absolute atomic E-state index is 0.0523. The first kappa shape index (κ1) is 24.3. The van der Waals surface area contributed by atoms with Crippen LogP contribution in [0.25, 0.3) is 0 Å². The maximum atomic E-state index is 11.5. The molecule has 8 nitrogen and oxygen atoms in total. The molecule has 3 heterocycles. The van der Waals surface area contributed by atoms with E-state index in [1.807, 2.05) is 16.0 Å². The Bertz CT molecular complexity index is 1180. The highest BCUT2D eigenvalue weighted by atomic mass is 16.3. The summed E-state index contributed by atoms with van der Waals surface area (Å²) in [6.07, 6.45) is 1.06. The fourth-order valence-electron chi connectivity index (χ4n) is 5.23. The predicted molar refractivity (Wildman–Crippen MR) is 147 cm³/mol.